The number of amides is 1. The van der Waals surface area contributed by atoms with E-state index in [2.05, 4.69) is 4.98 Å². The Labute approximate surface area is 131 Å². The molecule has 3 rings (SSSR count). The molecule has 0 saturated heterocycles. The van der Waals surface area contributed by atoms with Gasteiger partial charge in [-0.1, -0.05) is 30.3 Å². The third kappa shape index (κ3) is 2.90. The van der Waals surface area contributed by atoms with E-state index >= 15 is 0 Å². The summed E-state index contributed by atoms with van der Waals surface area (Å²) in [6.07, 6.45) is 2.71. The van der Waals surface area contributed by atoms with Crippen LogP contribution in [0.3, 0.4) is 0 Å². The number of pyridine rings is 1. The molecule has 116 valence electrons. The molecule has 0 fully saturated rings. The van der Waals surface area contributed by atoms with Crippen molar-refractivity contribution in [2.75, 3.05) is 0 Å². The van der Waals surface area contributed by atoms with Crippen LogP contribution in [0.15, 0.2) is 59.7 Å². The zero-order valence-electron chi connectivity index (χ0n) is 12.1. The van der Waals surface area contributed by atoms with E-state index in [9.17, 15) is 9.59 Å². The second kappa shape index (κ2) is 6.29. The van der Waals surface area contributed by atoms with Crippen molar-refractivity contribution in [3.8, 4) is 5.75 Å². The van der Waals surface area contributed by atoms with Gasteiger partial charge in [-0.15, -0.1) is 0 Å². The molecule has 7 heteroatoms. The first kappa shape index (κ1) is 14.7. The highest BCUT2D eigenvalue weighted by Gasteiger charge is 2.14. The maximum Gasteiger partial charge on any atom is 0.272 e. The van der Waals surface area contributed by atoms with Crippen molar-refractivity contribution in [2.45, 2.75) is 6.61 Å². The summed E-state index contributed by atoms with van der Waals surface area (Å²) in [7, 11) is 0. The number of hydrazine groups is 1. The van der Waals surface area contributed by atoms with E-state index in [1.165, 1.54) is 16.8 Å². The highest BCUT2D eigenvalue weighted by molar-refractivity contribution is 5.93. The van der Waals surface area contributed by atoms with E-state index in [4.69, 9.17) is 10.6 Å². The average Bonchev–Trinajstić information content (AvgIpc) is 2.60. The highest BCUT2D eigenvalue weighted by Crippen LogP contribution is 2.17. The fourth-order valence-electron chi connectivity index (χ4n) is 2.16. The van der Waals surface area contributed by atoms with Crippen LogP contribution < -0.4 is 21.6 Å². The Morgan fingerprint density at radius 3 is 2.74 bits per heavy atom. The van der Waals surface area contributed by atoms with Crippen LogP contribution in [-0.2, 0) is 6.61 Å². The Kier molecular flexibility index (Phi) is 4.03. The average molecular weight is 310 g/mol. The number of nitrogens with two attached hydrogens (primary N) is 1. The quantitative estimate of drug-likeness (QED) is 0.423. The first-order valence-corrected chi connectivity index (χ1v) is 6.89. The van der Waals surface area contributed by atoms with Gasteiger partial charge >= 0.3 is 0 Å². The number of benzene rings is 1. The number of nitrogen functional groups attached to an aromatic ring is 1. The van der Waals surface area contributed by atoms with Crippen molar-refractivity contribution >= 4 is 11.6 Å². The Balaban J connectivity index is 1.98. The van der Waals surface area contributed by atoms with Gasteiger partial charge in [-0.05, 0) is 17.7 Å². The van der Waals surface area contributed by atoms with Crippen molar-refractivity contribution in [1.82, 2.24) is 14.8 Å². The second-order valence-corrected chi connectivity index (χ2v) is 4.79. The summed E-state index contributed by atoms with van der Waals surface area (Å²) in [4.78, 5) is 28.0. The number of hydrogen-bond acceptors (Lipinski definition) is 5. The zero-order chi connectivity index (χ0) is 16.2. The number of carbonyl (C=O) groups excluding carboxylic acids is 1. The fraction of sp³-hybridized carbons (Fsp3) is 0.0625. The summed E-state index contributed by atoms with van der Waals surface area (Å²) in [5, 5.41) is 0. The van der Waals surface area contributed by atoms with E-state index in [-0.39, 0.29) is 5.56 Å². The van der Waals surface area contributed by atoms with Crippen LogP contribution >= 0.6 is 0 Å². The van der Waals surface area contributed by atoms with Crippen molar-refractivity contribution in [3.05, 3.63) is 76.3 Å². The molecule has 2 aromatic heterocycles. The summed E-state index contributed by atoms with van der Waals surface area (Å²) in [5.41, 5.74) is 2.61. The molecule has 3 N–H and O–H groups in total. The van der Waals surface area contributed by atoms with Gasteiger partial charge in [0.05, 0.1) is 0 Å². The van der Waals surface area contributed by atoms with E-state index < -0.39 is 11.5 Å². The number of ether oxygens (including phenoxy) is 1. The predicted molar refractivity (Wildman–Crippen MR) is 83.9 cm³/mol. The lowest BCUT2D eigenvalue weighted by Crippen LogP contribution is -2.35. The SMILES string of the molecule is NNC(=O)c1cnc2c(OCc3ccccc3)cccn2c1=O. The fourth-order valence-corrected chi connectivity index (χ4v) is 2.16. The van der Waals surface area contributed by atoms with E-state index in [0.29, 0.717) is 18.0 Å². The van der Waals surface area contributed by atoms with Crippen LogP contribution in [0.1, 0.15) is 15.9 Å². The molecule has 1 aromatic carbocycles. The van der Waals surface area contributed by atoms with Gasteiger partial charge in [0.2, 0.25) is 0 Å². The topological polar surface area (TPSA) is 98.7 Å². The van der Waals surface area contributed by atoms with E-state index in [0.717, 1.165) is 5.56 Å². The molecule has 0 saturated carbocycles. The summed E-state index contributed by atoms with van der Waals surface area (Å²) >= 11 is 0. The summed E-state index contributed by atoms with van der Waals surface area (Å²) in [5.74, 6) is 4.82. The molecule has 0 unspecified atom stereocenters. The molecule has 0 aliphatic rings. The maximum atomic E-state index is 12.3. The van der Waals surface area contributed by atoms with E-state index in [1.807, 2.05) is 35.8 Å². The van der Waals surface area contributed by atoms with Gasteiger partial charge in [0, 0.05) is 12.4 Å². The van der Waals surface area contributed by atoms with Crippen molar-refractivity contribution in [3.63, 3.8) is 0 Å². The molecule has 0 aliphatic heterocycles. The normalized spacial score (nSPS) is 10.5. The molecule has 0 atom stereocenters. The smallest absolute Gasteiger partial charge is 0.272 e. The van der Waals surface area contributed by atoms with Gasteiger partial charge in [-0.2, -0.15) is 0 Å². The minimum atomic E-state index is -0.687. The Bertz CT molecular complexity index is 906. The molecule has 0 radical (unpaired) electrons. The van der Waals surface area contributed by atoms with Gasteiger partial charge in [0.15, 0.2) is 11.4 Å². The van der Waals surface area contributed by atoms with Crippen LogP contribution in [-0.4, -0.2) is 15.3 Å². The molecular formula is C16H14N4O3. The zero-order valence-corrected chi connectivity index (χ0v) is 12.1. The number of aromatic nitrogens is 2. The lowest BCUT2D eigenvalue weighted by atomic mass is 10.2. The molecular weight excluding hydrogens is 296 g/mol. The minimum Gasteiger partial charge on any atom is -0.485 e. The molecule has 2 heterocycles. The first-order valence-electron chi connectivity index (χ1n) is 6.89. The van der Waals surface area contributed by atoms with Crippen molar-refractivity contribution < 1.29 is 9.53 Å². The lowest BCUT2D eigenvalue weighted by Gasteiger charge is -2.10. The lowest BCUT2D eigenvalue weighted by molar-refractivity contribution is 0.0951. The van der Waals surface area contributed by atoms with Crippen molar-refractivity contribution in [2.24, 2.45) is 5.84 Å². The third-order valence-electron chi connectivity index (χ3n) is 3.31. The van der Waals surface area contributed by atoms with Crippen LogP contribution in [0.2, 0.25) is 0 Å². The van der Waals surface area contributed by atoms with Gasteiger partial charge < -0.3 is 4.74 Å². The third-order valence-corrected chi connectivity index (χ3v) is 3.31. The molecule has 1 amide bonds. The van der Waals surface area contributed by atoms with Crippen LogP contribution in [0.25, 0.3) is 5.65 Å². The number of nitrogens with one attached hydrogen (secondary N) is 1. The molecule has 0 bridgehead atoms. The standard InChI is InChI=1S/C16H14N4O3/c17-19-15(21)12-9-18-14-13(7-4-8-20(14)16(12)22)23-10-11-5-2-1-3-6-11/h1-9H,10,17H2,(H,19,21). The molecule has 0 spiro atoms. The van der Waals surface area contributed by atoms with Gasteiger partial charge in [0.1, 0.15) is 12.2 Å². The molecule has 23 heavy (non-hydrogen) atoms. The largest absolute Gasteiger partial charge is 0.485 e. The first-order chi connectivity index (χ1) is 11.2. The monoisotopic (exact) mass is 310 g/mol. The second-order valence-electron chi connectivity index (χ2n) is 4.79. The number of carbonyl (C=O) groups is 1. The maximum absolute atomic E-state index is 12.3. The van der Waals surface area contributed by atoms with Crippen LogP contribution in [0, 0.1) is 0 Å². The van der Waals surface area contributed by atoms with Crippen molar-refractivity contribution in [1.29, 1.82) is 0 Å². The number of fused-ring (bicyclic) bond motifs is 1. The summed E-state index contributed by atoms with van der Waals surface area (Å²) < 4.78 is 6.99. The molecule has 7 nitrogen and oxygen atoms in total. The number of nitrogens with zero attached hydrogens (tertiary/aromatic N) is 2. The van der Waals surface area contributed by atoms with Gasteiger partial charge in [-0.3, -0.25) is 19.4 Å². The van der Waals surface area contributed by atoms with Gasteiger partial charge in [0.25, 0.3) is 11.5 Å². The number of rotatable bonds is 4. The molecule has 0 aliphatic carbocycles. The van der Waals surface area contributed by atoms with Crippen LogP contribution in [0.5, 0.6) is 5.75 Å². The van der Waals surface area contributed by atoms with Gasteiger partial charge in [-0.25, -0.2) is 10.8 Å². The summed E-state index contributed by atoms with van der Waals surface area (Å²) in [6, 6.07) is 13.0. The highest BCUT2D eigenvalue weighted by atomic mass is 16.5. The number of hydrogen-bond donors (Lipinski definition) is 2. The minimum absolute atomic E-state index is 0.134. The van der Waals surface area contributed by atoms with Crippen LogP contribution in [0.4, 0.5) is 0 Å². The van der Waals surface area contributed by atoms with E-state index in [1.54, 1.807) is 12.1 Å². The molecule has 3 aromatic rings. The summed E-state index contributed by atoms with van der Waals surface area (Å²) in [6.45, 7) is 0.349. The Morgan fingerprint density at radius 1 is 1.22 bits per heavy atom. The predicted octanol–water partition coefficient (Wildman–Crippen LogP) is 0.877. The Morgan fingerprint density at radius 2 is 2.00 bits per heavy atom. The Hall–Kier alpha value is -3.19.